The quantitative estimate of drug-likeness (QED) is 0.279. The number of halogens is 2. The van der Waals surface area contributed by atoms with Crippen LogP contribution >= 0.6 is 45.2 Å². The molecule has 2 aromatic carbocycles. The van der Waals surface area contributed by atoms with Crippen molar-refractivity contribution in [1.29, 1.82) is 5.26 Å². The van der Waals surface area contributed by atoms with Crippen molar-refractivity contribution in [2.75, 3.05) is 0 Å². The van der Waals surface area contributed by atoms with Crippen LogP contribution in [-0.2, 0) is 9.53 Å². The summed E-state index contributed by atoms with van der Waals surface area (Å²) in [7, 11) is 0. The standard InChI is InChI=1S/C22H19I2NO3/c1-22(2)17(12-19(23)24)20(22)21(26)28-18(13-25)14-7-6-10-16(11-14)27-15-8-4-3-5-9-15/h3-12,17-18,20H,1-2H3/t17-,18-,20-/m1/s1. The molecule has 2 aromatic rings. The van der Waals surface area contributed by atoms with Gasteiger partial charge in [-0.15, -0.1) is 0 Å². The second-order valence-electron chi connectivity index (χ2n) is 7.21. The van der Waals surface area contributed by atoms with Gasteiger partial charge in [-0.1, -0.05) is 50.3 Å². The fraction of sp³-hybridized carbons (Fsp3) is 0.273. The number of carbonyl (C=O) groups excluding carboxylic acids is 1. The number of ether oxygens (including phenoxy) is 2. The molecular weight excluding hydrogens is 580 g/mol. The molecule has 28 heavy (non-hydrogen) atoms. The van der Waals surface area contributed by atoms with Crippen LogP contribution in [0.25, 0.3) is 0 Å². The first-order valence-corrected chi connectivity index (χ1v) is 10.9. The molecule has 0 bridgehead atoms. The molecule has 0 aromatic heterocycles. The van der Waals surface area contributed by atoms with Gasteiger partial charge < -0.3 is 9.47 Å². The molecule has 0 radical (unpaired) electrons. The highest BCUT2D eigenvalue weighted by Crippen LogP contribution is 2.60. The Morgan fingerprint density at radius 1 is 1.14 bits per heavy atom. The molecule has 0 amide bonds. The van der Waals surface area contributed by atoms with Gasteiger partial charge in [0.05, 0.1) is 5.92 Å². The van der Waals surface area contributed by atoms with E-state index >= 15 is 0 Å². The molecule has 0 spiro atoms. The van der Waals surface area contributed by atoms with Gasteiger partial charge in [-0.3, -0.25) is 4.79 Å². The van der Waals surface area contributed by atoms with E-state index in [0.717, 1.165) is 1.59 Å². The van der Waals surface area contributed by atoms with Crippen LogP contribution in [0, 0.1) is 28.6 Å². The predicted molar refractivity (Wildman–Crippen MR) is 124 cm³/mol. The monoisotopic (exact) mass is 599 g/mol. The SMILES string of the molecule is CC1(C)[C@H](C=C(I)I)[C@@H]1C(=O)O[C@H](C#N)c1cccc(Oc2ccccc2)c1. The Labute approximate surface area is 192 Å². The van der Waals surface area contributed by atoms with Crippen LogP contribution in [-0.4, -0.2) is 5.97 Å². The van der Waals surface area contributed by atoms with E-state index in [-0.39, 0.29) is 23.2 Å². The maximum Gasteiger partial charge on any atom is 0.311 e. The zero-order chi connectivity index (χ0) is 20.3. The van der Waals surface area contributed by atoms with Crippen molar-refractivity contribution in [2.45, 2.75) is 20.0 Å². The average molecular weight is 599 g/mol. The van der Waals surface area contributed by atoms with Crippen LogP contribution in [0.15, 0.2) is 62.3 Å². The molecule has 6 heteroatoms. The summed E-state index contributed by atoms with van der Waals surface area (Å²) in [5.41, 5.74) is 0.440. The van der Waals surface area contributed by atoms with Crippen molar-refractivity contribution in [3.05, 3.63) is 67.8 Å². The van der Waals surface area contributed by atoms with Gasteiger partial charge >= 0.3 is 5.97 Å². The lowest BCUT2D eigenvalue weighted by molar-refractivity contribution is -0.149. The maximum absolute atomic E-state index is 12.7. The molecule has 144 valence electrons. The summed E-state index contributed by atoms with van der Waals surface area (Å²) >= 11 is 4.46. The molecule has 1 aliphatic carbocycles. The van der Waals surface area contributed by atoms with Crippen LogP contribution in [0.5, 0.6) is 11.5 Å². The van der Waals surface area contributed by atoms with Gasteiger partial charge in [-0.25, -0.2) is 0 Å². The van der Waals surface area contributed by atoms with Crippen molar-refractivity contribution in [2.24, 2.45) is 17.3 Å². The van der Waals surface area contributed by atoms with Gasteiger partial charge in [-0.2, -0.15) is 5.26 Å². The van der Waals surface area contributed by atoms with Crippen LogP contribution < -0.4 is 4.74 Å². The zero-order valence-corrected chi connectivity index (χ0v) is 19.7. The third-order valence-electron chi connectivity index (χ3n) is 4.96. The first-order chi connectivity index (χ1) is 13.3. The van der Waals surface area contributed by atoms with E-state index in [9.17, 15) is 10.1 Å². The van der Waals surface area contributed by atoms with Gasteiger partial charge in [0.25, 0.3) is 0 Å². The molecule has 0 aliphatic heterocycles. The van der Waals surface area contributed by atoms with Crippen molar-refractivity contribution in [1.82, 2.24) is 0 Å². The Bertz CT molecular complexity index is 930. The van der Waals surface area contributed by atoms with E-state index in [4.69, 9.17) is 9.47 Å². The lowest BCUT2D eigenvalue weighted by Crippen LogP contribution is -2.14. The fourth-order valence-electron chi connectivity index (χ4n) is 3.30. The van der Waals surface area contributed by atoms with E-state index in [1.54, 1.807) is 24.3 Å². The van der Waals surface area contributed by atoms with Crippen molar-refractivity contribution in [3.63, 3.8) is 0 Å². The highest BCUT2D eigenvalue weighted by Gasteiger charge is 2.61. The maximum atomic E-state index is 12.7. The number of esters is 1. The minimum absolute atomic E-state index is 0.135. The third kappa shape index (κ3) is 4.87. The molecule has 1 fully saturated rings. The lowest BCUT2D eigenvalue weighted by atomic mass is 10.1. The number of nitrogens with zero attached hydrogens (tertiary/aromatic N) is 1. The number of benzene rings is 2. The minimum atomic E-state index is -0.966. The molecule has 0 heterocycles. The summed E-state index contributed by atoms with van der Waals surface area (Å²) < 4.78 is 12.5. The van der Waals surface area contributed by atoms with E-state index in [1.807, 2.05) is 44.2 Å². The molecule has 4 nitrogen and oxygen atoms in total. The summed E-state index contributed by atoms with van der Waals surface area (Å²) in [6, 6.07) is 18.6. The summed E-state index contributed by atoms with van der Waals surface area (Å²) in [5, 5.41) is 9.57. The van der Waals surface area contributed by atoms with Gasteiger partial charge in [0.15, 0.2) is 0 Å². The highest BCUT2D eigenvalue weighted by molar-refractivity contribution is 14.2. The Kier molecular flexibility index (Phi) is 6.65. The molecule has 0 unspecified atom stereocenters. The normalized spacial score (nSPS) is 20.4. The number of carbonyl (C=O) groups is 1. The largest absolute Gasteiger partial charge is 0.457 e. The predicted octanol–water partition coefficient (Wildman–Crippen LogP) is 6.57. The Morgan fingerprint density at radius 3 is 2.46 bits per heavy atom. The molecule has 0 N–H and O–H groups in total. The summed E-state index contributed by atoms with van der Waals surface area (Å²) in [5.74, 6) is 0.865. The first kappa shape index (κ1) is 21.1. The Morgan fingerprint density at radius 2 is 1.82 bits per heavy atom. The first-order valence-electron chi connectivity index (χ1n) is 8.78. The third-order valence-corrected chi connectivity index (χ3v) is 5.68. The lowest BCUT2D eigenvalue weighted by Gasteiger charge is -2.13. The fourth-order valence-corrected chi connectivity index (χ4v) is 4.07. The zero-order valence-electron chi connectivity index (χ0n) is 15.4. The number of rotatable bonds is 6. The van der Waals surface area contributed by atoms with Gasteiger partial charge in [0.1, 0.15) is 17.6 Å². The number of para-hydroxylation sites is 1. The molecule has 1 aliphatic rings. The van der Waals surface area contributed by atoms with E-state index in [1.165, 1.54) is 0 Å². The Balaban J connectivity index is 1.72. The second-order valence-corrected chi connectivity index (χ2v) is 11.6. The number of hydrogen-bond donors (Lipinski definition) is 0. The molecule has 0 saturated heterocycles. The van der Waals surface area contributed by atoms with Crippen LogP contribution in [0.2, 0.25) is 0 Å². The van der Waals surface area contributed by atoms with Crippen LogP contribution in [0.3, 0.4) is 0 Å². The van der Waals surface area contributed by atoms with Crippen molar-refractivity contribution >= 4 is 51.2 Å². The summed E-state index contributed by atoms with van der Waals surface area (Å²) in [4.78, 5) is 12.7. The van der Waals surface area contributed by atoms with Crippen LogP contribution in [0.4, 0.5) is 0 Å². The van der Waals surface area contributed by atoms with E-state index in [2.05, 4.69) is 57.3 Å². The van der Waals surface area contributed by atoms with Gasteiger partial charge in [-0.05, 0) is 80.8 Å². The van der Waals surface area contributed by atoms with Gasteiger partial charge in [0.2, 0.25) is 6.10 Å². The van der Waals surface area contributed by atoms with E-state index < -0.39 is 6.10 Å². The number of hydrogen-bond acceptors (Lipinski definition) is 4. The molecule has 3 rings (SSSR count). The average Bonchev–Trinajstić information content (AvgIpc) is 3.20. The minimum Gasteiger partial charge on any atom is -0.457 e. The number of nitriles is 1. The summed E-state index contributed by atoms with van der Waals surface area (Å²) in [6.07, 6.45) is 1.12. The molecule has 3 atom stereocenters. The second kappa shape index (κ2) is 8.82. The molecular formula is C22H19I2NO3. The van der Waals surface area contributed by atoms with Crippen LogP contribution in [0.1, 0.15) is 25.5 Å². The van der Waals surface area contributed by atoms with E-state index in [0.29, 0.717) is 17.1 Å². The summed E-state index contributed by atoms with van der Waals surface area (Å²) in [6.45, 7) is 4.10. The molecule has 1 saturated carbocycles. The van der Waals surface area contributed by atoms with Crippen molar-refractivity contribution < 1.29 is 14.3 Å². The smallest absolute Gasteiger partial charge is 0.311 e. The topological polar surface area (TPSA) is 59.3 Å². The Hall–Kier alpha value is -1.60. The van der Waals surface area contributed by atoms with Crippen molar-refractivity contribution in [3.8, 4) is 17.6 Å². The highest BCUT2D eigenvalue weighted by atomic mass is 127. The van der Waals surface area contributed by atoms with Gasteiger partial charge in [0, 0.05) is 7.15 Å². The number of allylic oxidation sites excluding steroid dienone is 1.